The van der Waals surface area contributed by atoms with E-state index in [0.717, 1.165) is 39.0 Å². The molecule has 1 aliphatic rings. The van der Waals surface area contributed by atoms with E-state index in [0.29, 0.717) is 0 Å². The highest BCUT2D eigenvalue weighted by Gasteiger charge is 2.26. The number of fused-ring (bicyclic) bond motifs is 1. The molecule has 0 unspecified atom stereocenters. The Balaban J connectivity index is 1.99. The van der Waals surface area contributed by atoms with Crippen LogP contribution in [0.4, 0.5) is 11.4 Å². The molecular formula is C16H15IN2O. The third kappa shape index (κ3) is 2.28. The summed E-state index contributed by atoms with van der Waals surface area (Å²) in [6.45, 7) is 2.72. The van der Waals surface area contributed by atoms with Gasteiger partial charge in [-0.25, -0.2) is 0 Å². The quantitative estimate of drug-likeness (QED) is 0.611. The molecule has 0 bridgehead atoms. The van der Waals surface area contributed by atoms with Crippen LogP contribution in [0.15, 0.2) is 36.4 Å². The van der Waals surface area contributed by atoms with Gasteiger partial charge in [0.1, 0.15) is 0 Å². The van der Waals surface area contributed by atoms with Crippen molar-refractivity contribution < 1.29 is 4.79 Å². The number of anilines is 2. The molecule has 3 rings (SSSR count). The van der Waals surface area contributed by atoms with Crippen LogP contribution in [-0.4, -0.2) is 12.5 Å². The summed E-state index contributed by atoms with van der Waals surface area (Å²) in [7, 11) is 0. The Hall–Kier alpha value is -1.56. The highest BCUT2D eigenvalue weighted by Crippen LogP contribution is 2.33. The zero-order valence-electron chi connectivity index (χ0n) is 11.2. The van der Waals surface area contributed by atoms with Crippen molar-refractivity contribution >= 4 is 39.9 Å². The van der Waals surface area contributed by atoms with Gasteiger partial charge in [0.25, 0.3) is 5.91 Å². The molecule has 0 atom stereocenters. The van der Waals surface area contributed by atoms with Gasteiger partial charge in [0.2, 0.25) is 0 Å². The average Bonchev–Trinajstić information content (AvgIpc) is 2.81. The lowest BCUT2D eigenvalue weighted by Crippen LogP contribution is -2.29. The number of rotatable bonds is 1. The molecule has 20 heavy (non-hydrogen) atoms. The lowest BCUT2D eigenvalue weighted by Gasteiger charge is -2.18. The Kier molecular flexibility index (Phi) is 3.41. The second-order valence-electron chi connectivity index (χ2n) is 5.05. The molecule has 1 heterocycles. The minimum atomic E-state index is 0.0468. The first-order valence-corrected chi connectivity index (χ1v) is 7.60. The SMILES string of the molecule is Cc1cc2c(cc1N)N(C(=O)c1cccc(I)c1)CC2. The zero-order valence-corrected chi connectivity index (χ0v) is 13.3. The molecule has 2 aromatic rings. The average molecular weight is 378 g/mol. The lowest BCUT2D eigenvalue weighted by molar-refractivity contribution is 0.0989. The second kappa shape index (κ2) is 5.09. The maximum absolute atomic E-state index is 12.6. The van der Waals surface area contributed by atoms with Crippen LogP contribution in [0.25, 0.3) is 0 Å². The second-order valence-corrected chi connectivity index (χ2v) is 6.30. The maximum Gasteiger partial charge on any atom is 0.258 e. The number of carbonyl (C=O) groups is 1. The molecule has 4 heteroatoms. The van der Waals surface area contributed by atoms with Crippen molar-refractivity contribution in [3.63, 3.8) is 0 Å². The first-order chi connectivity index (χ1) is 9.56. The molecule has 1 aliphatic heterocycles. The van der Waals surface area contributed by atoms with Crippen LogP contribution in [0.5, 0.6) is 0 Å². The fourth-order valence-corrected chi connectivity index (χ4v) is 3.11. The Morgan fingerprint density at radius 1 is 1.30 bits per heavy atom. The Labute approximate surface area is 131 Å². The van der Waals surface area contributed by atoms with E-state index >= 15 is 0 Å². The van der Waals surface area contributed by atoms with Gasteiger partial charge in [0, 0.05) is 27.1 Å². The topological polar surface area (TPSA) is 46.3 Å². The molecule has 0 spiro atoms. The summed E-state index contributed by atoms with van der Waals surface area (Å²) in [5.41, 5.74) is 10.7. The van der Waals surface area contributed by atoms with E-state index < -0.39 is 0 Å². The van der Waals surface area contributed by atoms with Crippen molar-refractivity contribution in [2.75, 3.05) is 17.2 Å². The third-order valence-corrected chi connectivity index (χ3v) is 4.35. The molecule has 0 saturated heterocycles. The van der Waals surface area contributed by atoms with Crippen LogP contribution in [0.2, 0.25) is 0 Å². The van der Waals surface area contributed by atoms with Crippen LogP contribution in [0, 0.1) is 10.5 Å². The van der Waals surface area contributed by atoms with Crippen LogP contribution >= 0.6 is 22.6 Å². The summed E-state index contributed by atoms with van der Waals surface area (Å²) in [5.74, 6) is 0.0468. The number of hydrogen-bond acceptors (Lipinski definition) is 2. The van der Waals surface area contributed by atoms with Gasteiger partial charge in [-0.05, 0) is 71.3 Å². The molecule has 2 aromatic carbocycles. The van der Waals surface area contributed by atoms with Crippen molar-refractivity contribution in [1.29, 1.82) is 0 Å². The van der Waals surface area contributed by atoms with Crippen molar-refractivity contribution in [2.45, 2.75) is 13.3 Å². The van der Waals surface area contributed by atoms with E-state index in [9.17, 15) is 4.79 Å². The molecule has 0 radical (unpaired) electrons. The van der Waals surface area contributed by atoms with Crippen molar-refractivity contribution in [3.05, 3.63) is 56.7 Å². The van der Waals surface area contributed by atoms with Gasteiger partial charge in [-0.3, -0.25) is 4.79 Å². The maximum atomic E-state index is 12.6. The summed E-state index contributed by atoms with van der Waals surface area (Å²) >= 11 is 2.22. The molecule has 102 valence electrons. The molecule has 0 saturated carbocycles. The summed E-state index contributed by atoms with van der Waals surface area (Å²) < 4.78 is 1.07. The Morgan fingerprint density at radius 2 is 2.10 bits per heavy atom. The molecular weight excluding hydrogens is 363 g/mol. The smallest absolute Gasteiger partial charge is 0.258 e. The van der Waals surface area contributed by atoms with Gasteiger partial charge >= 0.3 is 0 Å². The summed E-state index contributed by atoms with van der Waals surface area (Å²) in [6.07, 6.45) is 0.895. The molecule has 2 N–H and O–H groups in total. The first kappa shape index (κ1) is 13.4. The van der Waals surface area contributed by atoms with Crippen molar-refractivity contribution in [1.82, 2.24) is 0 Å². The Morgan fingerprint density at radius 3 is 2.85 bits per heavy atom. The van der Waals surface area contributed by atoms with E-state index in [1.165, 1.54) is 5.56 Å². The fraction of sp³-hybridized carbons (Fsp3) is 0.188. The fourth-order valence-electron chi connectivity index (χ4n) is 2.56. The van der Waals surface area contributed by atoms with E-state index in [1.54, 1.807) is 0 Å². The number of nitrogens with zero attached hydrogens (tertiary/aromatic N) is 1. The van der Waals surface area contributed by atoms with E-state index in [4.69, 9.17) is 5.73 Å². The summed E-state index contributed by atoms with van der Waals surface area (Å²) in [5, 5.41) is 0. The van der Waals surface area contributed by atoms with E-state index in [2.05, 4.69) is 28.7 Å². The number of hydrogen-bond donors (Lipinski definition) is 1. The molecule has 0 aromatic heterocycles. The molecule has 0 aliphatic carbocycles. The van der Waals surface area contributed by atoms with Crippen LogP contribution in [-0.2, 0) is 6.42 Å². The first-order valence-electron chi connectivity index (χ1n) is 6.52. The number of benzene rings is 2. The minimum Gasteiger partial charge on any atom is -0.398 e. The Bertz CT molecular complexity index is 697. The summed E-state index contributed by atoms with van der Waals surface area (Å²) in [6, 6.07) is 11.7. The number of nitrogen functional groups attached to an aromatic ring is 1. The molecule has 1 amide bonds. The number of amides is 1. The number of carbonyl (C=O) groups excluding carboxylic acids is 1. The van der Waals surface area contributed by atoms with Crippen LogP contribution < -0.4 is 10.6 Å². The van der Waals surface area contributed by atoms with Crippen molar-refractivity contribution in [3.8, 4) is 0 Å². The monoisotopic (exact) mass is 378 g/mol. The molecule has 3 nitrogen and oxygen atoms in total. The van der Waals surface area contributed by atoms with Gasteiger partial charge in [0.15, 0.2) is 0 Å². The van der Waals surface area contributed by atoms with Gasteiger partial charge < -0.3 is 10.6 Å². The number of aryl methyl sites for hydroxylation is 1. The van der Waals surface area contributed by atoms with Gasteiger partial charge in [-0.1, -0.05) is 12.1 Å². The van der Waals surface area contributed by atoms with Crippen LogP contribution in [0.1, 0.15) is 21.5 Å². The lowest BCUT2D eigenvalue weighted by atomic mass is 10.1. The van der Waals surface area contributed by atoms with Crippen molar-refractivity contribution in [2.24, 2.45) is 0 Å². The molecule has 0 fully saturated rings. The highest BCUT2D eigenvalue weighted by atomic mass is 127. The van der Waals surface area contributed by atoms with Crippen LogP contribution in [0.3, 0.4) is 0 Å². The largest absolute Gasteiger partial charge is 0.398 e. The standard InChI is InChI=1S/C16H15IN2O/c1-10-7-11-5-6-19(15(11)9-14(10)18)16(20)12-3-2-4-13(17)8-12/h2-4,7-9H,5-6,18H2,1H3. The summed E-state index contributed by atoms with van der Waals surface area (Å²) in [4.78, 5) is 14.5. The number of halogens is 1. The van der Waals surface area contributed by atoms with E-state index in [1.807, 2.05) is 42.2 Å². The van der Waals surface area contributed by atoms with E-state index in [-0.39, 0.29) is 5.91 Å². The number of nitrogens with two attached hydrogens (primary N) is 1. The predicted molar refractivity (Wildman–Crippen MR) is 90.1 cm³/mol. The normalized spacial score (nSPS) is 13.4. The highest BCUT2D eigenvalue weighted by molar-refractivity contribution is 14.1. The predicted octanol–water partition coefficient (Wildman–Crippen LogP) is 3.38. The third-order valence-electron chi connectivity index (χ3n) is 3.68. The zero-order chi connectivity index (χ0) is 14.3. The van der Waals surface area contributed by atoms with Gasteiger partial charge in [-0.15, -0.1) is 0 Å². The van der Waals surface area contributed by atoms with Gasteiger partial charge in [0.05, 0.1) is 0 Å². The minimum absolute atomic E-state index is 0.0468. The van der Waals surface area contributed by atoms with Gasteiger partial charge in [-0.2, -0.15) is 0 Å².